The van der Waals surface area contributed by atoms with Crippen LogP contribution in [0.2, 0.25) is 0 Å². The van der Waals surface area contributed by atoms with Crippen LogP contribution in [-0.2, 0) is 33.0 Å². The van der Waals surface area contributed by atoms with Gasteiger partial charge in [0, 0.05) is 48.8 Å². The number of nitrogens with one attached hydrogen (secondary N) is 1. The van der Waals surface area contributed by atoms with Crippen LogP contribution in [0.1, 0.15) is 64.5 Å². The fourth-order valence-electron chi connectivity index (χ4n) is 7.44. The molecule has 45 heavy (non-hydrogen) atoms. The lowest BCUT2D eigenvalue weighted by atomic mass is 9.89. The van der Waals surface area contributed by atoms with E-state index >= 15 is 4.39 Å². The van der Waals surface area contributed by atoms with Crippen LogP contribution in [0.25, 0.3) is 11.1 Å². The smallest absolute Gasteiger partial charge is 0.274 e. The van der Waals surface area contributed by atoms with Crippen LogP contribution < -0.4 is 15.8 Å². The van der Waals surface area contributed by atoms with E-state index in [1.807, 2.05) is 18.2 Å². The van der Waals surface area contributed by atoms with Crippen molar-refractivity contribution >= 4 is 23.0 Å². The number of nitrogens with zero attached hydrogens (tertiary/aromatic N) is 4. The molecular weight excluding hydrogens is 569 g/mol. The lowest BCUT2D eigenvalue weighted by Gasteiger charge is -2.31. The number of benzene rings is 2. The number of anilines is 3. The zero-order chi connectivity index (χ0) is 31.2. The quantitative estimate of drug-likeness (QED) is 0.299. The van der Waals surface area contributed by atoms with Gasteiger partial charge in [-0.1, -0.05) is 12.1 Å². The molecule has 0 atom stereocenters. The Kier molecular flexibility index (Phi) is 7.83. The molecule has 2 aromatic heterocycles. The monoisotopic (exact) mass is 609 g/mol. The molecule has 1 saturated heterocycles. The number of pyridine rings is 1. The van der Waals surface area contributed by atoms with Crippen molar-refractivity contribution in [2.75, 3.05) is 36.9 Å². The molecule has 0 radical (unpaired) electrons. The van der Waals surface area contributed by atoms with E-state index in [1.165, 1.54) is 33.5 Å². The van der Waals surface area contributed by atoms with E-state index in [-0.39, 0.29) is 11.5 Å². The summed E-state index contributed by atoms with van der Waals surface area (Å²) in [7, 11) is 3.81. The molecule has 0 unspecified atom stereocenters. The van der Waals surface area contributed by atoms with Gasteiger partial charge in [-0.05, 0) is 118 Å². The molecule has 4 heterocycles. The minimum atomic E-state index is -0.516. The van der Waals surface area contributed by atoms with Gasteiger partial charge in [0.2, 0.25) is 0 Å². The summed E-state index contributed by atoms with van der Waals surface area (Å²) in [5.41, 5.74) is 7.11. The van der Waals surface area contributed by atoms with Crippen molar-refractivity contribution in [3.8, 4) is 11.1 Å². The number of piperidine rings is 1. The Labute approximate surface area is 262 Å². The van der Waals surface area contributed by atoms with Crippen molar-refractivity contribution < 1.29 is 14.3 Å². The number of hydrogen-bond donors (Lipinski definition) is 2. The second kappa shape index (κ2) is 11.9. The van der Waals surface area contributed by atoms with Gasteiger partial charge in [-0.2, -0.15) is 0 Å². The molecule has 3 aliphatic rings. The van der Waals surface area contributed by atoms with Crippen LogP contribution in [0.5, 0.6) is 0 Å². The van der Waals surface area contributed by atoms with E-state index < -0.39 is 12.4 Å². The molecule has 8 nitrogen and oxygen atoms in total. The van der Waals surface area contributed by atoms with Crippen molar-refractivity contribution in [1.29, 1.82) is 0 Å². The number of halogens is 1. The Morgan fingerprint density at radius 1 is 0.933 bits per heavy atom. The summed E-state index contributed by atoms with van der Waals surface area (Å²) < 4.78 is 18.9. The van der Waals surface area contributed by atoms with Crippen LogP contribution in [0.3, 0.4) is 0 Å². The van der Waals surface area contributed by atoms with Gasteiger partial charge in [-0.3, -0.25) is 9.59 Å². The Bertz CT molecular complexity index is 1820. The van der Waals surface area contributed by atoms with Crippen molar-refractivity contribution in [2.24, 2.45) is 7.05 Å². The van der Waals surface area contributed by atoms with Crippen LogP contribution in [0.15, 0.2) is 59.5 Å². The maximum Gasteiger partial charge on any atom is 0.274 e. The summed E-state index contributed by atoms with van der Waals surface area (Å²) in [6, 6.07) is 14.6. The fraction of sp³-hybridized carbons (Fsp3) is 0.389. The summed E-state index contributed by atoms with van der Waals surface area (Å²) in [6.45, 7) is 2.79. The van der Waals surface area contributed by atoms with Crippen molar-refractivity contribution in [2.45, 2.75) is 57.6 Å². The highest BCUT2D eigenvalue weighted by Gasteiger charge is 2.32. The molecule has 1 amide bonds. The molecule has 9 heteroatoms. The normalized spacial score (nSPS) is 17.3. The number of amides is 1. The van der Waals surface area contributed by atoms with Crippen molar-refractivity contribution in [1.82, 2.24) is 14.0 Å². The second-order valence-electron chi connectivity index (χ2n) is 12.8. The fourth-order valence-corrected chi connectivity index (χ4v) is 7.44. The highest BCUT2D eigenvalue weighted by molar-refractivity contribution is 6.07. The minimum absolute atomic E-state index is 0.187. The maximum absolute atomic E-state index is 15.3. The van der Waals surface area contributed by atoms with Gasteiger partial charge in [0.05, 0.1) is 12.3 Å². The topological polar surface area (TPSA) is 82.7 Å². The third-order valence-electron chi connectivity index (χ3n) is 9.93. The standard InChI is InChI=1S/C36H40FN5O3/c1-39-13-11-24(12-14-39)23-7-9-28(10-8-23)38-31-17-26(21-40(2)35(31)44)29-19-27(37)20-33(30(29)22-43)42-16-15-41-32-6-4-3-5-25(32)18-34(41)36(42)45/h7-10,17-21,24,38,43H,3-6,11-16,22H2,1-2H3. The van der Waals surface area contributed by atoms with E-state index in [0.717, 1.165) is 57.3 Å². The first-order valence-electron chi connectivity index (χ1n) is 16.0. The molecule has 2 N–H and O–H groups in total. The summed E-state index contributed by atoms with van der Waals surface area (Å²) in [5.74, 6) is -0.168. The van der Waals surface area contributed by atoms with Gasteiger partial charge in [-0.15, -0.1) is 0 Å². The number of rotatable bonds is 6. The number of hydrogen-bond acceptors (Lipinski definition) is 5. The molecule has 1 fully saturated rings. The summed E-state index contributed by atoms with van der Waals surface area (Å²) in [4.78, 5) is 30.9. The average molecular weight is 610 g/mol. The Morgan fingerprint density at radius 3 is 2.44 bits per heavy atom. The largest absolute Gasteiger partial charge is 0.392 e. The number of aliphatic hydroxyl groups is 1. The van der Waals surface area contributed by atoms with Crippen LogP contribution in [0.4, 0.5) is 21.5 Å². The lowest BCUT2D eigenvalue weighted by Crippen LogP contribution is -2.41. The summed E-state index contributed by atoms with van der Waals surface area (Å²) >= 11 is 0. The first-order chi connectivity index (χ1) is 21.8. The second-order valence-corrected chi connectivity index (χ2v) is 12.8. The third-order valence-corrected chi connectivity index (χ3v) is 9.93. The molecule has 0 bridgehead atoms. The zero-order valence-corrected chi connectivity index (χ0v) is 26.0. The molecule has 2 aliphatic heterocycles. The number of fused-ring (bicyclic) bond motifs is 3. The highest BCUT2D eigenvalue weighted by atomic mass is 19.1. The molecule has 0 spiro atoms. The SMILES string of the molecule is CN1CCC(c2ccc(Nc3cc(-c4cc(F)cc(N5CCn6c(cc7c6CCCC7)C5=O)c4CO)cn(C)c3=O)cc2)CC1. The van der Waals surface area contributed by atoms with Gasteiger partial charge in [0.1, 0.15) is 17.2 Å². The molecule has 1 aliphatic carbocycles. The minimum Gasteiger partial charge on any atom is -0.392 e. The molecule has 0 saturated carbocycles. The Balaban J connectivity index is 1.20. The predicted octanol–water partition coefficient (Wildman–Crippen LogP) is 5.58. The average Bonchev–Trinajstić information content (AvgIpc) is 3.43. The lowest BCUT2D eigenvalue weighted by molar-refractivity contribution is 0.0964. The van der Waals surface area contributed by atoms with Crippen LogP contribution in [0, 0.1) is 5.82 Å². The predicted molar refractivity (Wildman–Crippen MR) is 175 cm³/mol. The number of aryl methyl sites for hydroxylation is 2. The van der Waals surface area contributed by atoms with E-state index in [0.29, 0.717) is 52.8 Å². The maximum atomic E-state index is 15.3. The number of aromatic nitrogens is 2. The van der Waals surface area contributed by atoms with Crippen molar-refractivity contribution in [3.63, 3.8) is 0 Å². The molecular formula is C36H40FN5O3. The zero-order valence-electron chi connectivity index (χ0n) is 26.0. The van der Waals surface area contributed by atoms with Crippen LogP contribution in [-0.4, -0.2) is 51.7 Å². The number of carbonyl (C=O) groups excluding carboxylic acids is 1. The van der Waals surface area contributed by atoms with Gasteiger partial charge in [0.25, 0.3) is 11.5 Å². The van der Waals surface area contributed by atoms with Gasteiger partial charge >= 0.3 is 0 Å². The highest BCUT2D eigenvalue weighted by Crippen LogP contribution is 2.37. The molecule has 2 aromatic carbocycles. The van der Waals surface area contributed by atoms with Gasteiger partial charge < -0.3 is 29.4 Å². The molecule has 234 valence electrons. The van der Waals surface area contributed by atoms with Crippen molar-refractivity contribution in [3.05, 3.63) is 99.0 Å². The molecule has 4 aromatic rings. The summed E-state index contributed by atoms with van der Waals surface area (Å²) in [5, 5.41) is 13.9. The molecule has 7 rings (SSSR count). The van der Waals surface area contributed by atoms with E-state index in [9.17, 15) is 14.7 Å². The first-order valence-corrected chi connectivity index (χ1v) is 16.0. The Morgan fingerprint density at radius 2 is 1.69 bits per heavy atom. The van der Waals surface area contributed by atoms with Gasteiger partial charge in [-0.25, -0.2) is 4.39 Å². The van der Waals surface area contributed by atoms with E-state index in [2.05, 4.69) is 34.0 Å². The van der Waals surface area contributed by atoms with E-state index in [4.69, 9.17) is 0 Å². The summed E-state index contributed by atoms with van der Waals surface area (Å²) in [6.07, 6.45) is 8.10. The third kappa shape index (κ3) is 5.48. The first kappa shape index (κ1) is 29.5. The van der Waals surface area contributed by atoms with Gasteiger partial charge in [0.15, 0.2) is 0 Å². The number of carbonyl (C=O) groups is 1. The Hall–Kier alpha value is -4.21. The number of aliphatic hydroxyl groups excluding tert-OH is 1. The number of likely N-dealkylation sites (tertiary alicyclic amines) is 1. The van der Waals surface area contributed by atoms with Crippen LogP contribution >= 0.6 is 0 Å². The van der Waals surface area contributed by atoms with E-state index in [1.54, 1.807) is 24.2 Å².